The van der Waals surface area contributed by atoms with Crippen LogP contribution in [0.15, 0.2) is 40.9 Å². The normalized spacial score (nSPS) is 10.8. The quantitative estimate of drug-likeness (QED) is 0.330. The van der Waals surface area contributed by atoms with E-state index in [4.69, 9.17) is 21.5 Å². The van der Waals surface area contributed by atoms with Gasteiger partial charge in [0.2, 0.25) is 11.1 Å². The van der Waals surface area contributed by atoms with Gasteiger partial charge in [0.15, 0.2) is 10.0 Å². The fourth-order valence-corrected chi connectivity index (χ4v) is 4.05. The number of aromatic nitrogens is 4. The molecule has 0 atom stereocenters. The SMILES string of the molecule is CCSc1nnc(NC(=O)c2nc(N(C)Cc3ccccc3)ncc2Cl)s1.O=C(O)C(F)(F)F. The third-order valence-electron chi connectivity index (χ3n) is 3.69. The van der Waals surface area contributed by atoms with Gasteiger partial charge in [-0.25, -0.2) is 14.8 Å². The number of hydrogen-bond donors (Lipinski definition) is 2. The van der Waals surface area contributed by atoms with E-state index < -0.39 is 18.1 Å². The average Bonchev–Trinajstić information content (AvgIpc) is 3.21. The van der Waals surface area contributed by atoms with Gasteiger partial charge in [-0.2, -0.15) is 13.2 Å². The topological polar surface area (TPSA) is 121 Å². The molecule has 34 heavy (non-hydrogen) atoms. The van der Waals surface area contributed by atoms with Crippen molar-refractivity contribution in [3.63, 3.8) is 0 Å². The lowest BCUT2D eigenvalue weighted by Crippen LogP contribution is -2.22. The molecule has 2 aromatic heterocycles. The minimum absolute atomic E-state index is 0.0986. The second kappa shape index (κ2) is 12.5. The smallest absolute Gasteiger partial charge is 0.475 e. The molecular formula is C19H18ClF3N6O3S2. The Morgan fingerprint density at radius 3 is 2.47 bits per heavy atom. The first-order valence-electron chi connectivity index (χ1n) is 9.36. The number of alkyl halides is 3. The lowest BCUT2D eigenvalue weighted by atomic mass is 10.2. The largest absolute Gasteiger partial charge is 0.490 e. The van der Waals surface area contributed by atoms with Gasteiger partial charge in [0.05, 0.1) is 11.2 Å². The molecule has 1 amide bonds. The molecule has 0 aliphatic heterocycles. The number of carboxylic acids is 1. The number of halogens is 4. The van der Waals surface area contributed by atoms with Crippen LogP contribution in [-0.4, -0.2) is 56.1 Å². The van der Waals surface area contributed by atoms with Crippen LogP contribution < -0.4 is 10.2 Å². The summed E-state index contributed by atoms with van der Waals surface area (Å²) in [6.07, 6.45) is -3.65. The van der Waals surface area contributed by atoms with Crippen molar-refractivity contribution in [2.45, 2.75) is 24.0 Å². The molecule has 3 aromatic rings. The van der Waals surface area contributed by atoms with E-state index in [1.807, 2.05) is 49.2 Å². The average molecular weight is 535 g/mol. The number of benzene rings is 1. The Morgan fingerprint density at radius 2 is 1.88 bits per heavy atom. The number of amides is 1. The highest BCUT2D eigenvalue weighted by Crippen LogP contribution is 2.26. The van der Waals surface area contributed by atoms with Gasteiger partial charge >= 0.3 is 12.1 Å². The van der Waals surface area contributed by atoms with Crippen LogP contribution in [0, 0.1) is 0 Å². The van der Waals surface area contributed by atoms with Gasteiger partial charge in [-0.1, -0.05) is 72.0 Å². The van der Waals surface area contributed by atoms with Gasteiger partial charge in [-0.15, -0.1) is 10.2 Å². The number of hydrogen-bond acceptors (Lipinski definition) is 9. The maximum atomic E-state index is 12.6. The maximum Gasteiger partial charge on any atom is 0.490 e. The van der Waals surface area contributed by atoms with Crippen molar-refractivity contribution >= 4 is 57.7 Å². The maximum absolute atomic E-state index is 12.6. The Kier molecular flexibility index (Phi) is 10.0. The van der Waals surface area contributed by atoms with Gasteiger partial charge in [0.25, 0.3) is 5.91 Å². The zero-order valence-electron chi connectivity index (χ0n) is 17.7. The second-order valence-electron chi connectivity index (χ2n) is 6.27. The predicted octanol–water partition coefficient (Wildman–Crippen LogP) is 4.62. The lowest BCUT2D eigenvalue weighted by Gasteiger charge is -2.17. The number of rotatable bonds is 7. The van der Waals surface area contributed by atoms with E-state index in [1.54, 1.807) is 11.8 Å². The number of thioether (sulfide) groups is 1. The summed E-state index contributed by atoms with van der Waals surface area (Å²) >= 11 is 9.01. The molecule has 0 saturated heterocycles. The first kappa shape index (κ1) is 27.3. The van der Waals surface area contributed by atoms with Gasteiger partial charge in [-0.3, -0.25) is 10.1 Å². The Bertz CT molecular complexity index is 1120. The molecule has 0 spiro atoms. The highest BCUT2D eigenvalue weighted by molar-refractivity contribution is 8.01. The summed E-state index contributed by atoms with van der Waals surface area (Å²) in [5.41, 5.74) is 1.21. The van der Waals surface area contributed by atoms with Crippen LogP contribution in [0.1, 0.15) is 23.0 Å². The number of nitrogens with one attached hydrogen (secondary N) is 1. The van der Waals surface area contributed by atoms with Crippen LogP contribution in [0.25, 0.3) is 0 Å². The zero-order chi connectivity index (χ0) is 25.3. The molecule has 1 aromatic carbocycles. The highest BCUT2D eigenvalue weighted by Gasteiger charge is 2.38. The van der Waals surface area contributed by atoms with Crippen molar-refractivity contribution in [2.75, 3.05) is 23.0 Å². The lowest BCUT2D eigenvalue weighted by molar-refractivity contribution is -0.192. The fourth-order valence-electron chi connectivity index (χ4n) is 2.23. The Balaban J connectivity index is 0.000000509. The Labute approximate surface area is 205 Å². The molecule has 15 heteroatoms. The summed E-state index contributed by atoms with van der Waals surface area (Å²) in [5.74, 6) is -1.90. The van der Waals surface area contributed by atoms with E-state index in [0.29, 0.717) is 17.6 Å². The van der Waals surface area contributed by atoms with E-state index >= 15 is 0 Å². The molecule has 0 aliphatic rings. The van der Waals surface area contributed by atoms with Crippen LogP contribution >= 0.6 is 34.7 Å². The van der Waals surface area contributed by atoms with Gasteiger partial charge in [-0.05, 0) is 11.3 Å². The summed E-state index contributed by atoms with van der Waals surface area (Å²) in [5, 5.41) is 18.4. The number of carboxylic acid groups (broad SMARTS) is 1. The third-order valence-corrected chi connectivity index (χ3v) is 5.82. The molecule has 0 unspecified atom stereocenters. The van der Waals surface area contributed by atoms with Crippen molar-refractivity contribution in [3.8, 4) is 0 Å². The van der Waals surface area contributed by atoms with Crippen LogP contribution in [0.4, 0.5) is 24.3 Å². The molecular weight excluding hydrogens is 517 g/mol. The summed E-state index contributed by atoms with van der Waals surface area (Å²) in [6, 6.07) is 9.93. The van der Waals surface area contributed by atoms with Crippen molar-refractivity contribution < 1.29 is 27.9 Å². The molecule has 2 N–H and O–H groups in total. The van der Waals surface area contributed by atoms with Crippen LogP contribution in [0.5, 0.6) is 0 Å². The van der Waals surface area contributed by atoms with Gasteiger partial charge in [0, 0.05) is 13.6 Å². The van der Waals surface area contributed by atoms with Crippen LogP contribution in [-0.2, 0) is 11.3 Å². The Morgan fingerprint density at radius 1 is 1.24 bits per heavy atom. The molecule has 0 fully saturated rings. The van der Waals surface area contributed by atoms with E-state index in [2.05, 4.69) is 25.5 Å². The van der Waals surface area contributed by atoms with E-state index in [-0.39, 0.29) is 10.7 Å². The number of anilines is 2. The summed E-state index contributed by atoms with van der Waals surface area (Å²) in [4.78, 5) is 31.9. The summed E-state index contributed by atoms with van der Waals surface area (Å²) in [7, 11) is 1.86. The van der Waals surface area contributed by atoms with E-state index in [0.717, 1.165) is 15.7 Å². The predicted molar refractivity (Wildman–Crippen MR) is 124 cm³/mol. The second-order valence-corrected chi connectivity index (χ2v) is 9.17. The minimum Gasteiger partial charge on any atom is -0.475 e. The summed E-state index contributed by atoms with van der Waals surface area (Å²) < 4.78 is 32.5. The third kappa shape index (κ3) is 8.43. The van der Waals surface area contributed by atoms with E-state index in [9.17, 15) is 18.0 Å². The molecule has 0 radical (unpaired) electrons. The van der Waals surface area contributed by atoms with Crippen LogP contribution in [0.2, 0.25) is 5.02 Å². The Hall–Kier alpha value is -2.97. The standard InChI is InChI=1S/C17H17ClN6OS2.C2HF3O2/c1-3-26-17-23-22-16(27-17)21-14(25)13-12(18)9-19-15(20-13)24(2)10-11-7-5-4-6-8-11;3-2(4,5)1(6)7/h4-9H,3,10H2,1-2H3,(H,21,22,25);(H,6,7). The first-order valence-corrected chi connectivity index (χ1v) is 11.5. The number of carbonyl (C=O) groups excluding carboxylic acids is 1. The van der Waals surface area contributed by atoms with Crippen molar-refractivity contribution in [1.82, 2.24) is 20.2 Å². The summed E-state index contributed by atoms with van der Waals surface area (Å²) in [6.45, 7) is 2.63. The molecule has 0 saturated carbocycles. The number of aliphatic carboxylic acids is 1. The van der Waals surface area contributed by atoms with Crippen molar-refractivity contribution in [1.29, 1.82) is 0 Å². The zero-order valence-corrected chi connectivity index (χ0v) is 20.1. The monoisotopic (exact) mass is 534 g/mol. The minimum atomic E-state index is -5.08. The highest BCUT2D eigenvalue weighted by atomic mass is 35.5. The molecule has 0 bridgehead atoms. The first-order chi connectivity index (χ1) is 16.0. The van der Waals surface area contributed by atoms with Crippen LogP contribution in [0.3, 0.4) is 0 Å². The molecule has 2 heterocycles. The number of carbonyl (C=O) groups is 2. The van der Waals surface area contributed by atoms with E-state index in [1.165, 1.54) is 17.5 Å². The number of nitrogens with zero attached hydrogens (tertiary/aromatic N) is 5. The van der Waals surface area contributed by atoms with Crippen molar-refractivity contribution in [2.24, 2.45) is 0 Å². The molecule has 3 rings (SSSR count). The van der Waals surface area contributed by atoms with Gasteiger partial charge < -0.3 is 10.0 Å². The van der Waals surface area contributed by atoms with Crippen molar-refractivity contribution in [3.05, 3.63) is 52.8 Å². The molecule has 182 valence electrons. The molecule has 9 nitrogen and oxygen atoms in total. The fraction of sp³-hybridized carbons (Fsp3) is 0.263. The molecule has 0 aliphatic carbocycles. The van der Waals surface area contributed by atoms with Gasteiger partial charge in [0.1, 0.15) is 0 Å².